The zero-order chi connectivity index (χ0) is 23.5. The fourth-order valence-corrected chi connectivity index (χ4v) is 4.51. The molecule has 0 bridgehead atoms. The van der Waals surface area contributed by atoms with E-state index in [9.17, 15) is 24.8 Å². The first-order chi connectivity index (χ1) is 15.8. The lowest BCUT2D eigenvalue weighted by molar-refractivity contribution is -0.385. The smallest absolute Gasteiger partial charge is 0.407 e. The maximum Gasteiger partial charge on any atom is 0.407 e. The number of benzene rings is 3. The Kier molecular flexibility index (Phi) is 6.41. The lowest BCUT2D eigenvalue weighted by Gasteiger charge is -2.19. The second-order valence-electron chi connectivity index (χ2n) is 7.58. The summed E-state index contributed by atoms with van der Waals surface area (Å²) in [5.74, 6) is -1.38. The fraction of sp³-hybridized carbons (Fsp3) is 0.167. The second kappa shape index (κ2) is 9.41. The summed E-state index contributed by atoms with van der Waals surface area (Å²) in [5.41, 5.74) is 4.02. The summed E-state index contributed by atoms with van der Waals surface area (Å²) >= 11 is 3.17. The fourth-order valence-electron chi connectivity index (χ4n) is 4.17. The highest BCUT2D eigenvalue weighted by Gasteiger charge is 2.30. The monoisotopic (exact) mass is 510 g/mol. The van der Waals surface area contributed by atoms with Gasteiger partial charge in [-0.15, -0.1) is 0 Å². The van der Waals surface area contributed by atoms with Gasteiger partial charge in [0.05, 0.1) is 22.9 Å². The first kappa shape index (κ1) is 22.5. The van der Waals surface area contributed by atoms with Gasteiger partial charge in [0.15, 0.2) is 0 Å². The highest BCUT2D eigenvalue weighted by Crippen LogP contribution is 2.44. The Labute approximate surface area is 197 Å². The van der Waals surface area contributed by atoms with Crippen LogP contribution < -0.4 is 5.32 Å². The molecule has 0 aliphatic heterocycles. The summed E-state index contributed by atoms with van der Waals surface area (Å²) in [6.07, 6.45) is -1.38. The van der Waals surface area contributed by atoms with Gasteiger partial charge in [0, 0.05) is 16.5 Å². The predicted octanol–water partition coefficient (Wildman–Crippen LogP) is 5.41. The van der Waals surface area contributed by atoms with Gasteiger partial charge in [0.1, 0.15) is 6.61 Å². The molecular weight excluding hydrogens is 492 g/mol. The van der Waals surface area contributed by atoms with Crippen molar-refractivity contribution in [2.24, 2.45) is 0 Å². The molecule has 33 heavy (non-hydrogen) atoms. The van der Waals surface area contributed by atoms with E-state index in [0.717, 1.165) is 22.3 Å². The van der Waals surface area contributed by atoms with Crippen molar-refractivity contribution in [2.75, 3.05) is 6.61 Å². The Morgan fingerprint density at radius 1 is 1.06 bits per heavy atom. The third-order valence-corrected chi connectivity index (χ3v) is 6.07. The number of hydrogen-bond acceptors (Lipinski definition) is 5. The number of carboxylic acid groups (broad SMARTS) is 1. The number of aliphatic carboxylic acids is 1. The summed E-state index contributed by atoms with van der Waals surface area (Å²) in [5, 5.41) is 23.3. The van der Waals surface area contributed by atoms with Crippen LogP contribution in [0.15, 0.2) is 71.2 Å². The van der Waals surface area contributed by atoms with Crippen molar-refractivity contribution < 1.29 is 24.4 Å². The summed E-state index contributed by atoms with van der Waals surface area (Å²) in [6, 6.07) is 18.9. The molecule has 3 aromatic carbocycles. The van der Waals surface area contributed by atoms with E-state index in [1.165, 1.54) is 12.1 Å². The van der Waals surface area contributed by atoms with Gasteiger partial charge in [-0.05, 0) is 34.4 Å². The summed E-state index contributed by atoms with van der Waals surface area (Å²) in [7, 11) is 0. The third-order valence-electron chi connectivity index (χ3n) is 5.58. The van der Waals surface area contributed by atoms with Gasteiger partial charge in [-0.2, -0.15) is 0 Å². The van der Waals surface area contributed by atoms with Crippen molar-refractivity contribution >= 4 is 33.7 Å². The summed E-state index contributed by atoms with van der Waals surface area (Å²) in [4.78, 5) is 34.9. The van der Waals surface area contributed by atoms with Crippen LogP contribution in [0.25, 0.3) is 11.1 Å². The van der Waals surface area contributed by atoms with Crippen LogP contribution in [0.5, 0.6) is 0 Å². The molecule has 0 radical (unpaired) electrons. The molecule has 0 aromatic heterocycles. The number of nitro benzene ring substituents is 1. The van der Waals surface area contributed by atoms with E-state index >= 15 is 0 Å². The van der Waals surface area contributed by atoms with Crippen LogP contribution in [0.2, 0.25) is 0 Å². The van der Waals surface area contributed by atoms with Gasteiger partial charge in [-0.3, -0.25) is 14.9 Å². The SMILES string of the molecule is O=C(O)C[C@@H](NC(=O)OCC1c2ccccc2-c2ccccc21)c1ccc(Br)cc1[N+](=O)[O-]. The standard InChI is InChI=1S/C24H19BrN2O6/c25-14-9-10-19(22(11-14)27(31)32)21(12-23(28)29)26-24(30)33-13-20-17-7-3-1-5-15(17)16-6-2-4-8-18(16)20/h1-11,20-21H,12-13H2,(H,26,30)(H,28,29)/t21-/m1/s1. The molecule has 2 N–H and O–H groups in total. The topological polar surface area (TPSA) is 119 Å². The number of alkyl carbamates (subject to hydrolysis) is 1. The molecular formula is C24H19BrN2O6. The van der Waals surface area contributed by atoms with E-state index in [-0.39, 0.29) is 23.8 Å². The quantitative estimate of drug-likeness (QED) is 0.323. The average Bonchev–Trinajstić information content (AvgIpc) is 3.10. The zero-order valence-electron chi connectivity index (χ0n) is 17.2. The van der Waals surface area contributed by atoms with Crippen molar-refractivity contribution in [3.05, 3.63) is 98.0 Å². The number of hydrogen-bond donors (Lipinski definition) is 2. The van der Waals surface area contributed by atoms with Crippen molar-refractivity contribution in [3.63, 3.8) is 0 Å². The Morgan fingerprint density at radius 3 is 2.24 bits per heavy atom. The molecule has 4 rings (SSSR count). The lowest BCUT2D eigenvalue weighted by atomic mass is 9.98. The van der Waals surface area contributed by atoms with Gasteiger partial charge < -0.3 is 15.2 Å². The van der Waals surface area contributed by atoms with E-state index in [1.54, 1.807) is 6.07 Å². The maximum absolute atomic E-state index is 12.6. The maximum atomic E-state index is 12.6. The Bertz CT molecular complexity index is 1200. The van der Waals surface area contributed by atoms with Crippen molar-refractivity contribution in [1.29, 1.82) is 0 Å². The molecule has 0 unspecified atom stereocenters. The largest absolute Gasteiger partial charge is 0.481 e. The highest BCUT2D eigenvalue weighted by molar-refractivity contribution is 9.10. The van der Waals surface area contributed by atoms with Crippen LogP contribution in [0.4, 0.5) is 10.5 Å². The molecule has 1 aliphatic rings. The molecule has 1 aliphatic carbocycles. The summed E-state index contributed by atoms with van der Waals surface area (Å²) in [6.45, 7) is 0.0437. The normalized spacial score (nSPS) is 13.0. The van der Waals surface area contributed by atoms with Crippen LogP contribution in [0.1, 0.15) is 35.1 Å². The average molecular weight is 511 g/mol. The van der Waals surface area contributed by atoms with Crippen molar-refractivity contribution in [1.82, 2.24) is 5.32 Å². The van der Waals surface area contributed by atoms with E-state index in [0.29, 0.717) is 4.47 Å². The number of nitrogens with one attached hydrogen (secondary N) is 1. The Balaban J connectivity index is 1.53. The first-order valence-corrected chi connectivity index (χ1v) is 10.9. The number of rotatable bonds is 7. The number of ether oxygens (including phenoxy) is 1. The molecule has 0 saturated heterocycles. The minimum Gasteiger partial charge on any atom is -0.481 e. The minimum absolute atomic E-state index is 0.0437. The van der Waals surface area contributed by atoms with Gasteiger partial charge in [-0.1, -0.05) is 64.5 Å². The molecule has 168 valence electrons. The number of carbonyl (C=O) groups excluding carboxylic acids is 1. The van der Waals surface area contributed by atoms with E-state index in [2.05, 4.69) is 21.2 Å². The molecule has 1 amide bonds. The van der Waals surface area contributed by atoms with E-state index in [4.69, 9.17) is 4.74 Å². The van der Waals surface area contributed by atoms with Crippen LogP contribution in [-0.2, 0) is 9.53 Å². The van der Waals surface area contributed by atoms with Crippen LogP contribution >= 0.6 is 15.9 Å². The van der Waals surface area contributed by atoms with Crippen molar-refractivity contribution in [3.8, 4) is 11.1 Å². The number of amides is 1. The molecule has 1 atom stereocenters. The highest BCUT2D eigenvalue weighted by atomic mass is 79.9. The van der Waals surface area contributed by atoms with E-state index < -0.39 is 29.4 Å². The van der Waals surface area contributed by atoms with Gasteiger partial charge in [0.25, 0.3) is 5.69 Å². The summed E-state index contributed by atoms with van der Waals surface area (Å²) < 4.78 is 5.94. The predicted molar refractivity (Wildman–Crippen MR) is 124 cm³/mol. The molecule has 0 saturated carbocycles. The van der Waals surface area contributed by atoms with Gasteiger partial charge >= 0.3 is 12.1 Å². The van der Waals surface area contributed by atoms with Crippen LogP contribution in [-0.4, -0.2) is 28.7 Å². The van der Waals surface area contributed by atoms with E-state index in [1.807, 2.05) is 48.5 Å². The molecule has 8 nitrogen and oxygen atoms in total. The number of fused-ring (bicyclic) bond motifs is 3. The van der Waals surface area contributed by atoms with Crippen LogP contribution in [0.3, 0.4) is 0 Å². The number of carbonyl (C=O) groups is 2. The number of nitro groups is 1. The molecule has 0 heterocycles. The minimum atomic E-state index is -1.21. The number of halogens is 1. The van der Waals surface area contributed by atoms with Gasteiger partial charge in [0.2, 0.25) is 0 Å². The molecule has 0 spiro atoms. The number of carboxylic acids is 1. The first-order valence-electron chi connectivity index (χ1n) is 10.1. The van der Waals surface area contributed by atoms with Crippen molar-refractivity contribution in [2.45, 2.75) is 18.4 Å². The lowest BCUT2D eigenvalue weighted by Crippen LogP contribution is -2.32. The van der Waals surface area contributed by atoms with Gasteiger partial charge in [-0.25, -0.2) is 4.79 Å². The molecule has 9 heteroatoms. The zero-order valence-corrected chi connectivity index (χ0v) is 18.8. The number of nitrogens with zero attached hydrogens (tertiary/aromatic N) is 1. The second-order valence-corrected chi connectivity index (χ2v) is 8.50. The molecule has 3 aromatic rings. The molecule has 0 fully saturated rings. The Hall–Kier alpha value is -3.72. The Morgan fingerprint density at radius 2 is 1.67 bits per heavy atom. The van der Waals surface area contributed by atoms with Crippen LogP contribution in [0, 0.1) is 10.1 Å². The third kappa shape index (κ3) is 4.73.